The average Bonchev–Trinajstić information content (AvgIpc) is 2.46. The highest BCUT2D eigenvalue weighted by Crippen LogP contribution is 2.37. The van der Waals surface area contributed by atoms with Gasteiger partial charge in [-0.3, -0.25) is 0 Å². The smallest absolute Gasteiger partial charge is 0.149 e. The number of hydrogen-bond acceptors (Lipinski definition) is 1. The van der Waals surface area contributed by atoms with Gasteiger partial charge < -0.3 is 4.90 Å². The highest BCUT2D eigenvalue weighted by molar-refractivity contribution is 6.34. The molecule has 15 heavy (non-hydrogen) atoms. The van der Waals surface area contributed by atoms with Crippen molar-refractivity contribution in [3.8, 4) is 0 Å². The molecule has 1 aliphatic heterocycles. The minimum absolute atomic E-state index is 0.406. The van der Waals surface area contributed by atoms with Crippen LogP contribution in [0, 0.1) is 0 Å². The van der Waals surface area contributed by atoms with Crippen molar-refractivity contribution in [2.24, 2.45) is 0 Å². The summed E-state index contributed by atoms with van der Waals surface area (Å²) in [6, 6.07) is 4.94. The maximum absolute atomic E-state index is 14.5. The zero-order valence-electron chi connectivity index (χ0n) is 8.43. The highest BCUT2D eigenvalue weighted by atomic mass is 35.5. The lowest BCUT2D eigenvalue weighted by Gasteiger charge is -2.20. The molecule has 0 aliphatic carbocycles. The Kier molecular flexibility index (Phi) is 2.93. The monoisotopic (exact) mass is 247 g/mol. The van der Waals surface area contributed by atoms with E-state index in [1.54, 1.807) is 18.2 Å². The minimum atomic E-state index is -1.30. The topological polar surface area (TPSA) is 3.24 Å². The molecule has 0 N–H and O–H groups in total. The molecule has 1 saturated heterocycles. The lowest BCUT2D eigenvalue weighted by molar-refractivity contribution is 0.175. The number of hydrogen-bond donors (Lipinski definition) is 0. The van der Waals surface area contributed by atoms with Crippen molar-refractivity contribution >= 4 is 23.2 Å². The molecule has 1 heterocycles. The number of halogens is 3. The first kappa shape index (κ1) is 11.2. The number of benzene rings is 1. The molecule has 0 amide bonds. The summed E-state index contributed by atoms with van der Waals surface area (Å²) < 4.78 is 14.5. The Labute approximate surface area is 98.8 Å². The van der Waals surface area contributed by atoms with Gasteiger partial charge in [0.05, 0.1) is 0 Å². The van der Waals surface area contributed by atoms with Crippen LogP contribution in [-0.4, -0.2) is 25.0 Å². The van der Waals surface area contributed by atoms with Crippen molar-refractivity contribution in [3.05, 3.63) is 33.8 Å². The molecule has 0 saturated carbocycles. The molecule has 0 spiro atoms. The van der Waals surface area contributed by atoms with Gasteiger partial charge >= 0.3 is 0 Å². The quantitative estimate of drug-likeness (QED) is 0.735. The molecule has 0 radical (unpaired) electrons. The number of rotatable bonds is 1. The number of alkyl halides is 1. The van der Waals surface area contributed by atoms with E-state index in [1.807, 2.05) is 11.9 Å². The van der Waals surface area contributed by atoms with E-state index >= 15 is 0 Å². The van der Waals surface area contributed by atoms with E-state index in [0.717, 1.165) is 6.54 Å². The van der Waals surface area contributed by atoms with Crippen molar-refractivity contribution in [2.45, 2.75) is 12.1 Å². The maximum atomic E-state index is 14.5. The average molecular weight is 248 g/mol. The maximum Gasteiger partial charge on any atom is 0.149 e. The summed E-state index contributed by atoms with van der Waals surface area (Å²) in [6.07, 6.45) is 0.500. The standard InChI is InChI=1S/C11H12Cl2FN/c1-15-3-2-11(14,7-15)8-4-9(12)6-10(13)5-8/h4-6H,2-3,7H2,1H3. The zero-order chi connectivity index (χ0) is 11.1. The van der Waals surface area contributed by atoms with Gasteiger partial charge in [-0.25, -0.2) is 4.39 Å². The molecule has 1 nitrogen and oxygen atoms in total. The van der Waals surface area contributed by atoms with Crippen LogP contribution < -0.4 is 0 Å². The minimum Gasteiger partial charge on any atom is -0.303 e. The Morgan fingerprint density at radius 3 is 2.33 bits per heavy atom. The molecule has 0 aromatic heterocycles. The number of likely N-dealkylation sites (tertiary alicyclic amines) is 1. The summed E-state index contributed by atoms with van der Waals surface area (Å²) in [5, 5.41) is 0.980. The first-order chi connectivity index (χ1) is 6.99. The summed E-state index contributed by atoms with van der Waals surface area (Å²) in [5.74, 6) is 0. The number of nitrogens with zero attached hydrogens (tertiary/aromatic N) is 1. The Bertz CT molecular complexity index is 363. The molecule has 1 unspecified atom stereocenters. The van der Waals surface area contributed by atoms with Gasteiger partial charge in [-0.1, -0.05) is 23.2 Å². The van der Waals surface area contributed by atoms with Crippen molar-refractivity contribution in [2.75, 3.05) is 20.1 Å². The second-order valence-electron chi connectivity index (χ2n) is 4.11. The van der Waals surface area contributed by atoms with Gasteiger partial charge in [0.2, 0.25) is 0 Å². The van der Waals surface area contributed by atoms with E-state index in [-0.39, 0.29) is 0 Å². The van der Waals surface area contributed by atoms with Gasteiger partial charge in [0.15, 0.2) is 0 Å². The van der Waals surface area contributed by atoms with E-state index < -0.39 is 5.67 Å². The molecule has 82 valence electrons. The molecule has 1 aliphatic rings. The summed E-state index contributed by atoms with van der Waals surface area (Å²) in [7, 11) is 1.91. The van der Waals surface area contributed by atoms with Crippen LogP contribution in [0.2, 0.25) is 10.0 Å². The lowest BCUT2D eigenvalue weighted by Crippen LogP contribution is -2.24. The van der Waals surface area contributed by atoms with Crippen molar-refractivity contribution in [1.29, 1.82) is 0 Å². The SMILES string of the molecule is CN1CCC(F)(c2cc(Cl)cc(Cl)c2)C1. The molecule has 1 fully saturated rings. The van der Waals surface area contributed by atoms with E-state index in [0.29, 0.717) is 28.6 Å². The van der Waals surface area contributed by atoms with Crippen LogP contribution in [0.1, 0.15) is 12.0 Å². The van der Waals surface area contributed by atoms with Crippen LogP contribution >= 0.6 is 23.2 Å². The van der Waals surface area contributed by atoms with Crippen LogP contribution in [0.25, 0.3) is 0 Å². The Hall–Kier alpha value is -0.310. The summed E-state index contributed by atoms with van der Waals surface area (Å²) >= 11 is 11.7. The van der Waals surface area contributed by atoms with Gasteiger partial charge in [0, 0.05) is 23.1 Å². The second kappa shape index (κ2) is 3.93. The van der Waals surface area contributed by atoms with Gasteiger partial charge in [0.1, 0.15) is 5.67 Å². The third-order valence-electron chi connectivity index (χ3n) is 2.79. The molecular formula is C11H12Cl2FN. The second-order valence-corrected chi connectivity index (χ2v) is 4.98. The summed E-state index contributed by atoms with van der Waals surface area (Å²) in [4.78, 5) is 1.97. The fourth-order valence-corrected chi connectivity index (χ4v) is 2.53. The Balaban J connectivity index is 2.36. The third-order valence-corrected chi connectivity index (χ3v) is 3.23. The summed E-state index contributed by atoms with van der Waals surface area (Å²) in [5.41, 5.74) is -0.715. The number of likely N-dealkylation sites (N-methyl/N-ethyl adjacent to an activating group) is 1. The first-order valence-electron chi connectivity index (χ1n) is 4.84. The van der Waals surface area contributed by atoms with Gasteiger partial charge in [0.25, 0.3) is 0 Å². The van der Waals surface area contributed by atoms with Gasteiger partial charge in [-0.2, -0.15) is 0 Å². The van der Waals surface area contributed by atoms with Crippen LogP contribution in [0.4, 0.5) is 4.39 Å². The molecule has 2 rings (SSSR count). The van der Waals surface area contributed by atoms with Crippen LogP contribution in [-0.2, 0) is 5.67 Å². The van der Waals surface area contributed by atoms with Crippen LogP contribution in [0.15, 0.2) is 18.2 Å². The molecule has 1 atom stereocenters. The highest BCUT2D eigenvalue weighted by Gasteiger charge is 2.38. The van der Waals surface area contributed by atoms with Crippen LogP contribution in [0.5, 0.6) is 0 Å². The molecule has 0 bridgehead atoms. The van der Waals surface area contributed by atoms with Gasteiger partial charge in [-0.05, 0) is 37.2 Å². The lowest BCUT2D eigenvalue weighted by atomic mass is 9.95. The summed E-state index contributed by atoms with van der Waals surface area (Å²) in [6.45, 7) is 1.17. The molecular weight excluding hydrogens is 236 g/mol. The predicted octanol–water partition coefficient (Wildman–Crippen LogP) is 3.49. The molecule has 1 aromatic carbocycles. The molecule has 4 heteroatoms. The molecule has 1 aromatic rings. The van der Waals surface area contributed by atoms with E-state index in [1.165, 1.54) is 0 Å². The van der Waals surface area contributed by atoms with Crippen molar-refractivity contribution in [3.63, 3.8) is 0 Å². The van der Waals surface area contributed by atoms with E-state index in [4.69, 9.17) is 23.2 Å². The van der Waals surface area contributed by atoms with Crippen LogP contribution in [0.3, 0.4) is 0 Å². The van der Waals surface area contributed by atoms with E-state index in [2.05, 4.69) is 0 Å². The Morgan fingerprint density at radius 2 is 1.87 bits per heavy atom. The largest absolute Gasteiger partial charge is 0.303 e. The van der Waals surface area contributed by atoms with Gasteiger partial charge in [-0.15, -0.1) is 0 Å². The van der Waals surface area contributed by atoms with Crippen molar-refractivity contribution < 1.29 is 4.39 Å². The fourth-order valence-electron chi connectivity index (χ4n) is 2.00. The normalized spacial score (nSPS) is 27.2. The Morgan fingerprint density at radius 1 is 1.27 bits per heavy atom. The third kappa shape index (κ3) is 2.27. The van der Waals surface area contributed by atoms with E-state index in [9.17, 15) is 4.39 Å². The first-order valence-corrected chi connectivity index (χ1v) is 5.59. The predicted molar refractivity (Wildman–Crippen MR) is 61.4 cm³/mol. The fraction of sp³-hybridized carbons (Fsp3) is 0.455. The van der Waals surface area contributed by atoms with Crippen molar-refractivity contribution in [1.82, 2.24) is 4.90 Å². The zero-order valence-corrected chi connectivity index (χ0v) is 9.95.